The van der Waals surface area contributed by atoms with E-state index in [2.05, 4.69) is 173 Å². The minimum absolute atomic E-state index is 0.173. The van der Waals surface area contributed by atoms with Gasteiger partial charge in [0, 0.05) is 70.3 Å². The summed E-state index contributed by atoms with van der Waals surface area (Å²) in [7, 11) is 1.40. The summed E-state index contributed by atoms with van der Waals surface area (Å²) in [5, 5.41) is 17.7. The van der Waals surface area contributed by atoms with Crippen LogP contribution in [0.3, 0.4) is 0 Å². The lowest BCUT2D eigenvalue weighted by atomic mass is 10.1. The number of hydrogen-bond donors (Lipinski definition) is 4. The topological polar surface area (TPSA) is 153 Å². The van der Waals surface area contributed by atoms with E-state index >= 15 is 0 Å². The molecule has 6 aliphatic carbocycles. The number of esters is 1. The molecule has 0 saturated carbocycles. The zero-order valence-electron chi connectivity index (χ0n) is 40.7. The van der Waals surface area contributed by atoms with Crippen molar-refractivity contribution in [2.24, 2.45) is 11.5 Å². The molecule has 0 spiro atoms. The number of aliphatic hydroxyl groups excluding tert-OH is 1. The Labute approximate surface area is 488 Å². The fourth-order valence-corrected chi connectivity index (χ4v) is 11.4. The SMILES string of the molecule is COC(=O)C1=Cc2ccc(Br)cc2C1.NCC1=Cc2ccc(Br)cc2C1.NCC1=Cc2ccc(Br)cc2C1.O=C(O)C1=Cc2ccc(Br)cc2C1.O=CC1=Cc2ccc(Br)cc2C1.OCC1=Cc2ccc(Br)cc2C1. The number of allylic oxidation sites excluding steroid dienone is 1. The molecule has 0 amide bonds. The van der Waals surface area contributed by atoms with Crippen molar-refractivity contribution in [1.82, 2.24) is 0 Å². The van der Waals surface area contributed by atoms with Crippen LogP contribution >= 0.6 is 95.6 Å². The highest BCUT2D eigenvalue weighted by molar-refractivity contribution is 9.11. The molecule has 6 aliphatic rings. The van der Waals surface area contributed by atoms with E-state index in [9.17, 15) is 14.4 Å². The van der Waals surface area contributed by atoms with Gasteiger partial charge in [0.15, 0.2) is 0 Å². The third-order valence-corrected chi connectivity index (χ3v) is 15.7. The molecule has 0 unspecified atom stereocenters. The number of carbonyl (C=O) groups is 3. The van der Waals surface area contributed by atoms with E-state index in [0.29, 0.717) is 31.5 Å². The number of aliphatic hydroxyl groups is 1. The van der Waals surface area contributed by atoms with Crippen molar-refractivity contribution in [3.05, 3.63) is 236 Å². The van der Waals surface area contributed by atoms with Crippen LogP contribution in [-0.2, 0) is 57.6 Å². The number of fused-ring (bicyclic) bond motifs is 6. The lowest BCUT2D eigenvalue weighted by Crippen LogP contribution is -2.03. The summed E-state index contributed by atoms with van der Waals surface area (Å²) >= 11 is 20.5. The smallest absolute Gasteiger partial charge is 0.334 e. The molecule has 14 heteroatoms. The number of benzene rings is 6. The zero-order valence-corrected chi connectivity index (χ0v) is 50.3. The summed E-state index contributed by atoms with van der Waals surface area (Å²) in [5.74, 6) is -1.07. The number of carbonyl (C=O) groups excluding carboxylic acids is 2. The monoisotopic (exact) mass is 1380 g/mol. The average Bonchev–Trinajstić information content (AvgIpc) is 4.28. The number of nitrogens with two attached hydrogens (primary N) is 2. The van der Waals surface area contributed by atoms with E-state index in [4.69, 9.17) is 21.7 Å². The van der Waals surface area contributed by atoms with E-state index in [1.165, 1.54) is 68.3 Å². The van der Waals surface area contributed by atoms with Crippen molar-refractivity contribution in [3.8, 4) is 0 Å². The third kappa shape index (κ3) is 16.1. The summed E-state index contributed by atoms with van der Waals surface area (Å²) in [6.45, 7) is 1.52. The molecule has 0 atom stereocenters. The number of ether oxygens (including phenoxy) is 1. The van der Waals surface area contributed by atoms with Crippen molar-refractivity contribution >= 4 is 150 Å². The van der Waals surface area contributed by atoms with E-state index in [1.54, 1.807) is 6.08 Å². The Hall–Kier alpha value is -4.87. The second-order valence-electron chi connectivity index (χ2n) is 18.1. The van der Waals surface area contributed by atoms with Crippen LogP contribution in [0.2, 0.25) is 0 Å². The van der Waals surface area contributed by atoms with Gasteiger partial charge in [0.1, 0.15) is 6.29 Å². The minimum atomic E-state index is -0.827. The molecule has 6 N–H and O–H groups in total. The first-order valence-corrected chi connectivity index (χ1v) is 28.5. The molecule has 0 heterocycles. The van der Waals surface area contributed by atoms with Gasteiger partial charge in [-0.15, -0.1) is 0 Å². The van der Waals surface area contributed by atoms with Gasteiger partial charge in [-0.05, 0) is 188 Å². The molecule has 6 aromatic rings. The van der Waals surface area contributed by atoms with E-state index in [0.717, 1.165) is 92.2 Å². The molecule has 0 saturated heterocycles. The molecule has 75 heavy (non-hydrogen) atoms. The van der Waals surface area contributed by atoms with Gasteiger partial charge in [-0.1, -0.05) is 161 Å². The summed E-state index contributed by atoms with van der Waals surface area (Å²) in [5.41, 5.74) is 31.6. The maximum Gasteiger partial charge on any atom is 0.334 e. The van der Waals surface area contributed by atoms with Gasteiger partial charge in [-0.3, -0.25) is 4.79 Å². The van der Waals surface area contributed by atoms with Gasteiger partial charge in [0.2, 0.25) is 0 Å². The summed E-state index contributed by atoms with van der Waals surface area (Å²) in [6.07, 6.45) is 17.8. The first-order valence-electron chi connectivity index (χ1n) is 23.7. The average molecular weight is 1390 g/mol. The molecule has 0 bridgehead atoms. The van der Waals surface area contributed by atoms with Gasteiger partial charge in [-0.25, -0.2) is 9.59 Å². The fourth-order valence-electron chi connectivity index (χ4n) is 8.95. The van der Waals surface area contributed by atoms with Crippen molar-refractivity contribution in [3.63, 3.8) is 0 Å². The van der Waals surface area contributed by atoms with Crippen LogP contribution in [0.15, 0.2) is 169 Å². The van der Waals surface area contributed by atoms with Crippen LogP contribution in [-0.4, -0.2) is 55.2 Å². The highest BCUT2D eigenvalue weighted by Crippen LogP contribution is 2.32. The maximum atomic E-state index is 11.3. The molecule has 8 nitrogen and oxygen atoms in total. The molecule has 6 aromatic carbocycles. The Morgan fingerprint density at radius 3 is 1.12 bits per heavy atom. The second kappa shape index (κ2) is 27.4. The Balaban J connectivity index is 0.000000131. The number of methoxy groups -OCH3 is 1. The summed E-state index contributed by atoms with van der Waals surface area (Å²) in [6, 6.07) is 36.8. The highest BCUT2D eigenvalue weighted by Gasteiger charge is 2.20. The van der Waals surface area contributed by atoms with E-state index in [1.807, 2.05) is 66.7 Å². The number of carboxylic acids is 1. The molecular formula is C61H52Br6N2O6. The number of aliphatic carboxylic acids is 1. The van der Waals surface area contributed by atoms with Gasteiger partial charge in [0.05, 0.1) is 13.7 Å². The Morgan fingerprint density at radius 2 is 0.773 bits per heavy atom. The Kier molecular flexibility index (Phi) is 21.2. The van der Waals surface area contributed by atoms with Crippen LogP contribution < -0.4 is 11.5 Å². The fraction of sp³-hybridized carbons (Fsp3) is 0.164. The molecule has 0 aromatic heterocycles. The number of carboxylic acid groups (broad SMARTS) is 1. The van der Waals surface area contributed by atoms with Crippen LogP contribution in [0.4, 0.5) is 0 Å². The molecule has 0 fully saturated rings. The predicted octanol–water partition coefficient (Wildman–Crippen LogP) is 14.7. The molecular weight excluding hydrogens is 1340 g/mol. The highest BCUT2D eigenvalue weighted by atomic mass is 79.9. The number of aldehydes is 1. The minimum Gasteiger partial charge on any atom is -0.478 e. The van der Waals surface area contributed by atoms with Crippen LogP contribution in [0.25, 0.3) is 36.5 Å². The standard InChI is InChI=1S/C11H9BrO2.2C10H10BrN.C10H7BrO2.C10H9BrO.C10H7BrO/c1-14-11(13)9-4-7-2-3-10(12)6-8(7)5-9;2*11-10-2-1-8-3-7(6-12)4-9(8)5-10;11-9-2-1-6-3-8(10(12)13)4-7(6)5-9;2*11-10-2-1-8-3-7(6-12)4-9(8)5-10/h2-4,6H,5H2,1H3;2*1-3,5H,4,6,12H2;1-3,5H,4H2,(H,12,13);1-3,5,12H,4,6H2;1-3,5-6H,4H2. The largest absolute Gasteiger partial charge is 0.478 e. The number of rotatable bonds is 6. The van der Waals surface area contributed by atoms with Crippen LogP contribution in [0.1, 0.15) is 66.8 Å². The van der Waals surface area contributed by atoms with Crippen molar-refractivity contribution in [1.29, 1.82) is 0 Å². The third-order valence-electron chi connectivity index (χ3n) is 12.7. The number of halogens is 6. The van der Waals surface area contributed by atoms with Crippen LogP contribution in [0, 0.1) is 0 Å². The van der Waals surface area contributed by atoms with Gasteiger partial charge in [-0.2, -0.15) is 0 Å². The molecule has 0 aliphatic heterocycles. The Bertz CT molecular complexity index is 3210. The molecule has 384 valence electrons. The van der Waals surface area contributed by atoms with Crippen molar-refractivity contribution in [2.75, 3.05) is 26.8 Å². The van der Waals surface area contributed by atoms with E-state index < -0.39 is 5.97 Å². The number of hydrogen-bond acceptors (Lipinski definition) is 7. The first kappa shape index (κ1) is 57.8. The summed E-state index contributed by atoms with van der Waals surface area (Å²) in [4.78, 5) is 32.4. The summed E-state index contributed by atoms with van der Waals surface area (Å²) < 4.78 is 11.2. The zero-order chi connectivity index (χ0) is 53.8. The van der Waals surface area contributed by atoms with Gasteiger partial charge >= 0.3 is 11.9 Å². The van der Waals surface area contributed by atoms with Crippen molar-refractivity contribution in [2.45, 2.75) is 38.5 Å². The Morgan fingerprint density at radius 1 is 0.467 bits per heavy atom. The first-order chi connectivity index (χ1) is 36.0. The van der Waals surface area contributed by atoms with Gasteiger partial charge in [0.25, 0.3) is 0 Å². The van der Waals surface area contributed by atoms with Crippen LogP contribution in [0.5, 0.6) is 0 Å². The normalized spacial score (nSPS) is 14.0. The quantitative estimate of drug-likeness (QED) is 0.0950. The van der Waals surface area contributed by atoms with Gasteiger partial charge < -0.3 is 26.4 Å². The maximum absolute atomic E-state index is 11.3. The van der Waals surface area contributed by atoms with Crippen molar-refractivity contribution < 1.29 is 29.3 Å². The van der Waals surface area contributed by atoms with E-state index in [-0.39, 0.29) is 12.6 Å². The lowest BCUT2D eigenvalue weighted by Gasteiger charge is -1.99. The lowest BCUT2D eigenvalue weighted by molar-refractivity contribution is -0.136. The second-order valence-corrected chi connectivity index (χ2v) is 23.6. The molecule has 0 radical (unpaired) electrons. The molecule has 12 rings (SSSR count). The predicted molar refractivity (Wildman–Crippen MR) is 326 cm³/mol.